The molecule has 6 nitrogen and oxygen atoms in total. The number of hydrogen-bond acceptors (Lipinski definition) is 5. The van der Waals surface area contributed by atoms with E-state index in [9.17, 15) is 9.59 Å². The van der Waals surface area contributed by atoms with Crippen LogP contribution in [0.3, 0.4) is 0 Å². The number of ether oxygens (including phenoxy) is 1. The molecule has 3 N–H and O–H groups in total. The fraction of sp³-hybridized carbons (Fsp3) is 0.316. The van der Waals surface area contributed by atoms with E-state index >= 15 is 0 Å². The molecule has 0 aliphatic carbocycles. The van der Waals surface area contributed by atoms with E-state index in [1.54, 1.807) is 12.1 Å². The summed E-state index contributed by atoms with van der Waals surface area (Å²) in [6, 6.07) is 7.24. The van der Waals surface area contributed by atoms with Gasteiger partial charge in [0.15, 0.2) is 0 Å². The smallest absolute Gasteiger partial charge is 0.251 e. The number of benzene rings is 1. The first-order valence-electron chi connectivity index (χ1n) is 8.27. The zero-order chi connectivity index (χ0) is 19.3. The van der Waals surface area contributed by atoms with Gasteiger partial charge in [0.2, 0.25) is 5.91 Å². The van der Waals surface area contributed by atoms with Crippen molar-refractivity contribution in [3.63, 3.8) is 0 Å². The average Bonchev–Trinajstić information content (AvgIpc) is 2.59. The summed E-state index contributed by atoms with van der Waals surface area (Å²) in [6.45, 7) is 8.00. The zero-order valence-corrected chi connectivity index (χ0v) is 16.2. The second-order valence-corrected chi connectivity index (χ2v) is 6.72. The van der Waals surface area contributed by atoms with Crippen molar-refractivity contribution in [2.24, 2.45) is 5.73 Å². The summed E-state index contributed by atoms with van der Waals surface area (Å²) >= 11 is 1.19. The zero-order valence-electron chi connectivity index (χ0n) is 15.4. The van der Waals surface area contributed by atoms with Crippen LogP contribution in [0.1, 0.15) is 34.1 Å². The molecule has 0 bridgehead atoms. The number of aryl methyl sites for hydroxylation is 1. The van der Waals surface area contributed by atoms with E-state index in [-0.39, 0.29) is 11.7 Å². The van der Waals surface area contributed by atoms with E-state index in [0.29, 0.717) is 28.6 Å². The average molecular weight is 373 g/mol. The van der Waals surface area contributed by atoms with Crippen molar-refractivity contribution >= 4 is 29.3 Å². The summed E-state index contributed by atoms with van der Waals surface area (Å²) in [6.07, 6.45) is 0. The molecule has 7 heteroatoms. The molecule has 2 amide bonds. The van der Waals surface area contributed by atoms with Crippen LogP contribution in [0.5, 0.6) is 5.75 Å². The number of anilines is 1. The Morgan fingerprint density at radius 2 is 1.88 bits per heavy atom. The first kappa shape index (κ1) is 19.8. The van der Waals surface area contributed by atoms with Crippen LogP contribution in [0, 0.1) is 20.8 Å². The number of aromatic nitrogens is 1. The van der Waals surface area contributed by atoms with Gasteiger partial charge in [-0.05, 0) is 51.0 Å². The van der Waals surface area contributed by atoms with Gasteiger partial charge in [-0.25, -0.2) is 4.98 Å². The van der Waals surface area contributed by atoms with E-state index in [0.717, 1.165) is 16.8 Å². The van der Waals surface area contributed by atoms with Gasteiger partial charge in [-0.2, -0.15) is 0 Å². The minimum atomic E-state index is -0.539. The highest BCUT2D eigenvalue weighted by atomic mass is 32.2. The molecule has 0 radical (unpaired) electrons. The number of amides is 2. The maximum atomic E-state index is 12.3. The van der Waals surface area contributed by atoms with Crippen molar-refractivity contribution in [2.75, 3.05) is 17.7 Å². The summed E-state index contributed by atoms with van der Waals surface area (Å²) in [5, 5.41) is 3.30. The van der Waals surface area contributed by atoms with Gasteiger partial charge in [-0.1, -0.05) is 23.9 Å². The highest BCUT2D eigenvalue weighted by Gasteiger charge is 2.18. The van der Waals surface area contributed by atoms with E-state index in [2.05, 4.69) is 10.3 Å². The minimum Gasteiger partial charge on any atom is -0.492 e. The Hall–Kier alpha value is -2.54. The Labute approximate surface area is 157 Å². The standard InChI is InChI=1S/C19H23N3O3S/c1-5-25-15-9-7-6-8-14(15)22-16(23)10-26-19-17(18(20)24)12(3)11(2)13(4)21-19/h6-9H,5,10H2,1-4H3,(H2,20,24)(H,22,23). The quantitative estimate of drug-likeness (QED) is 0.727. The molecule has 0 fully saturated rings. The number of hydrogen-bond donors (Lipinski definition) is 2. The molecule has 1 aromatic carbocycles. The van der Waals surface area contributed by atoms with Crippen LogP contribution in [0.15, 0.2) is 29.3 Å². The third-order valence-corrected chi connectivity index (χ3v) is 4.99. The van der Waals surface area contributed by atoms with Gasteiger partial charge in [0.25, 0.3) is 5.91 Å². The monoisotopic (exact) mass is 373 g/mol. The number of carbonyl (C=O) groups excluding carboxylic acids is 2. The van der Waals surface area contributed by atoms with Crippen LogP contribution in [0.4, 0.5) is 5.69 Å². The molecule has 2 aromatic rings. The molecule has 26 heavy (non-hydrogen) atoms. The second-order valence-electron chi connectivity index (χ2n) is 5.76. The molecule has 1 aromatic heterocycles. The van der Waals surface area contributed by atoms with Crippen LogP contribution in [0.2, 0.25) is 0 Å². The number of nitrogens with two attached hydrogens (primary N) is 1. The Kier molecular flexibility index (Phi) is 6.63. The molecular weight excluding hydrogens is 350 g/mol. The fourth-order valence-electron chi connectivity index (χ4n) is 2.48. The molecule has 0 saturated carbocycles. The summed E-state index contributed by atoms with van der Waals surface area (Å²) in [4.78, 5) is 28.6. The first-order valence-corrected chi connectivity index (χ1v) is 9.25. The number of rotatable bonds is 7. The van der Waals surface area contributed by atoms with Crippen molar-refractivity contribution in [3.8, 4) is 5.75 Å². The van der Waals surface area contributed by atoms with Crippen molar-refractivity contribution in [1.82, 2.24) is 4.98 Å². The largest absolute Gasteiger partial charge is 0.492 e. The Morgan fingerprint density at radius 1 is 1.19 bits per heavy atom. The molecular formula is C19H23N3O3S. The molecule has 0 spiro atoms. The van der Waals surface area contributed by atoms with Crippen LogP contribution in [-0.4, -0.2) is 29.2 Å². The Morgan fingerprint density at radius 3 is 2.54 bits per heavy atom. The molecule has 0 aliphatic heterocycles. The fourth-order valence-corrected chi connectivity index (χ4v) is 3.42. The van der Waals surface area contributed by atoms with Gasteiger partial charge in [-0.3, -0.25) is 9.59 Å². The lowest BCUT2D eigenvalue weighted by molar-refractivity contribution is -0.113. The lowest BCUT2D eigenvalue weighted by Crippen LogP contribution is -2.19. The van der Waals surface area contributed by atoms with Gasteiger partial charge in [0.05, 0.1) is 23.6 Å². The summed E-state index contributed by atoms with van der Waals surface area (Å²) in [5.74, 6) is -0.0281. The van der Waals surface area contributed by atoms with Crippen LogP contribution in [-0.2, 0) is 4.79 Å². The molecule has 138 valence electrons. The van der Waals surface area contributed by atoms with Crippen molar-refractivity contribution in [2.45, 2.75) is 32.7 Å². The predicted octanol–water partition coefficient (Wildman–Crippen LogP) is 3.24. The van der Waals surface area contributed by atoms with E-state index in [1.807, 2.05) is 39.8 Å². The van der Waals surface area contributed by atoms with Gasteiger partial charge >= 0.3 is 0 Å². The number of nitrogens with one attached hydrogen (secondary N) is 1. The van der Waals surface area contributed by atoms with E-state index in [1.165, 1.54) is 11.8 Å². The molecule has 0 saturated heterocycles. The lowest BCUT2D eigenvalue weighted by atomic mass is 10.0. The van der Waals surface area contributed by atoms with Crippen molar-refractivity contribution in [3.05, 3.63) is 46.6 Å². The summed E-state index contributed by atoms with van der Waals surface area (Å²) < 4.78 is 5.50. The van der Waals surface area contributed by atoms with Crippen LogP contribution >= 0.6 is 11.8 Å². The SMILES string of the molecule is CCOc1ccccc1NC(=O)CSc1nc(C)c(C)c(C)c1C(N)=O. The molecule has 0 atom stereocenters. The van der Waals surface area contributed by atoms with Crippen LogP contribution in [0.25, 0.3) is 0 Å². The number of carbonyl (C=O) groups is 2. The van der Waals surface area contributed by atoms with Crippen LogP contribution < -0.4 is 15.8 Å². The van der Waals surface area contributed by atoms with E-state index in [4.69, 9.17) is 10.5 Å². The predicted molar refractivity (Wildman–Crippen MR) is 104 cm³/mol. The Bertz CT molecular complexity index is 837. The third kappa shape index (κ3) is 4.54. The number of primary amides is 1. The summed E-state index contributed by atoms with van der Waals surface area (Å²) in [7, 11) is 0. The van der Waals surface area contributed by atoms with Gasteiger partial charge in [-0.15, -0.1) is 0 Å². The second kappa shape index (κ2) is 8.71. The van der Waals surface area contributed by atoms with Gasteiger partial charge in [0, 0.05) is 5.69 Å². The minimum absolute atomic E-state index is 0.107. The number of pyridine rings is 1. The van der Waals surface area contributed by atoms with Gasteiger partial charge < -0.3 is 15.8 Å². The highest BCUT2D eigenvalue weighted by molar-refractivity contribution is 8.00. The van der Waals surface area contributed by atoms with Crippen molar-refractivity contribution in [1.29, 1.82) is 0 Å². The van der Waals surface area contributed by atoms with E-state index < -0.39 is 5.91 Å². The number of nitrogens with zero attached hydrogens (tertiary/aromatic N) is 1. The van der Waals surface area contributed by atoms with Crippen molar-refractivity contribution < 1.29 is 14.3 Å². The molecule has 0 aliphatic rings. The molecule has 0 unspecified atom stereocenters. The maximum absolute atomic E-state index is 12.3. The molecule has 1 heterocycles. The Balaban J connectivity index is 2.14. The maximum Gasteiger partial charge on any atom is 0.251 e. The lowest BCUT2D eigenvalue weighted by Gasteiger charge is -2.14. The molecule has 2 rings (SSSR count). The topological polar surface area (TPSA) is 94.3 Å². The normalized spacial score (nSPS) is 10.5. The number of para-hydroxylation sites is 2. The summed E-state index contributed by atoms with van der Waals surface area (Å²) in [5.41, 5.74) is 9.04. The highest BCUT2D eigenvalue weighted by Crippen LogP contribution is 2.28. The third-order valence-electron chi connectivity index (χ3n) is 4.01. The first-order chi connectivity index (χ1) is 12.3. The van der Waals surface area contributed by atoms with Gasteiger partial charge in [0.1, 0.15) is 10.8 Å². The number of thioether (sulfide) groups is 1.